The summed E-state index contributed by atoms with van der Waals surface area (Å²) in [6.45, 7) is 5.80. The fourth-order valence-electron chi connectivity index (χ4n) is 2.69. The lowest BCUT2D eigenvalue weighted by Crippen LogP contribution is -2.43. The first-order valence-electron chi connectivity index (χ1n) is 6.60. The van der Waals surface area contributed by atoms with E-state index in [4.69, 9.17) is 0 Å². The predicted octanol–water partition coefficient (Wildman–Crippen LogP) is 2.13. The third kappa shape index (κ3) is 2.67. The van der Waals surface area contributed by atoms with E-state index in [0.29, 0.717) is 0 Å². The predicted molar refractivity (Wildman–Crippen MR) is 73.6 cm³/mol. The quantitative estimate of drug-likeness (QED) is 0.863. The average Bonchev–Trinajstić information content (AvgIpc) is 2.40. The van der Waals surface area contributed by atoms with Gasteiger partial charge in [-0.25, -0.2) is 0 Å². The molecule has 0 saturated carbocycles. The minimum atomic E-state index is 1.14. The van der Waals surface area contributed by atoms with E-state index in [1.54, 1.807) is 16.0 Å². The molecule has 2 aliphatic heterocycles. The van der Waals surface area contributed by atoms with Crippen LogP contribution in [0.3, 0.4) is 0 Å². The Morgan fingerprint density at radius 2 is 2.12 bits per heavy atom. The van der Waals surface area contributed by atoms with Gasteiger partial charge in [0.05, 0.1) is 0 Å². The van der Waals surface area contributed by atoms with Crippen molar-refractivity contribution >= 4 is 11.8 Å². The van der Waals surface area contributed by atoms with Gasteiger partial charge < -0.3 is 5.32 Å². The molecule has 1 aromatic carbocycles. The van der Waals surface area contributed by atoms with Crippen LogP contribution in [0.4, 0.5) is 0 Å². The van der Waals surface area contributed by atoms with Crippen LogP contribution in [0.1, 0.15) is 17.5 Å². The van der Waals surface area contributed by atoms with Crippen LogP contribution in [-0.2, 0) is 13.0 Å². The first kappa shape index (κ1) is 11.6. The van der Waals surface area contributed by atoms with Crippen LogP contribution in [-0.4, -0.2) is 36.8 Å². The van der Waals surface area contributed by atoms with Gasteiger partial charge in [-0.05, 0) is 29.7 Å². The smallest absolute Gasteiger partial charge is 0.0246 e. The monoisotopic (exact) mass is 248 g/mol. The van der Waals surface area contributed by atoms with Crippen LogP contribution in [0.15, 0.2) is 23.1 Å². The number of piperazine rings is 1. The third-order valence-corrected chi connectivity index (χ3v) is 4.92. The molecule has 3 rings (SSSR count). The summed E-state index contributed by atoms with van der Waals surface area (Å²) in [7, 11) is 0. The van der Waals surface area contributed by atoms with Gasteiger partial charge in [0.1, 0.15) is 0 Å². The second-order valence-electron chi connectivity index (χ2n) is 4.88. The van der Waals surface area contributed by atoms with Crippen molar-refractivity contribution in [3.8, 4) is 0 Å². The third-order valence-electron chi connectivity index (χ3n) is 3.62. The molecule has 1 fully saturated rings. The highest BCUT2D eigenvalue weighted by Crippen LogP contribution is 2.33. The van der Waals surface area contributed by atoms with Crippen LogP contribution >= 0.6 is 11.8 Å². The fraction of sp³-hybridized carbons (Fsp3) is 0.571. The maximum atomic E-state index is 3.42. The fourth-order valence-corrected chi connectivity index (χ4v) is 3.86. The van der Waals surface area contributed by atoms with Gasteiger partial charge in [0.2, 0.25) is 0 Å². The number of benzene rings is 1. The molecule has 0 aromatic heterocycles. The molecular weight excluding hydrogens is 228 g/mol. The summed E-state index contributed by atoms with van der Waals surface area (Å²) >= 11 is 2.06. The van der Waals surface area contributed by atoms with Crippen LogP contribution in [0.5, 0.6) is 0 Å². The average molecular weight is 248 g/mol. The Bertz CT molecular complexity index is 386. The van der Waals surface area contributed by atoms with Crippen LogP contribution < -0.4 is 5.32 Å². The molecule has 2 aliphatic rings. The van der Waals surface area contributed by atoms with Crippen LogP contribution in [0.25, 0.3) is 0 Å². The van der Waals surface area contributed by atoms with Gasteiger partial charge in [-0.1, -0.05) is 18.2 Å². The van der Waals surface area contributed by atoms with Crippen LogP contribution in [0.2, 0.25) is 0 Å². The molecule has 3 heteroatoms. The molecule has 0 aliphatic carbocycles. The Kier molecular flexibility index (Phi) is 3.69. The number of aryl methyl sites for hydroxylation is 1. The highest BCUT2D eigenvalue weighted by Gasteiger charge is 2.16. The van der Waals surface area contributed by atoms with E-state index in [0.717, 1.165) is 19.6 Å². The Hall–Kier alpha value is -0.510. The molecule has 2 heterocycles. The molecule has 0 spiro atoms. The molecule has 1 aromatic rings. The normalized spacial score (nSPS) is 21.2. The van der Waals surface area contributed by atoms with Gasteiger partial charge in [0, 0.05) is 37.6 Å². The SMILES string of the molecule is c1cc2c(c(CN3CCNCC3)c1)SCCC2. The standard InChI is InChI=1S/C14H20N2S/c1-3-12-5-2-10-17-14(12)13(4-1)11-16-8-6-15-7-9-16/h1,3-4,15H,2,5-11H2. The van der Waals surface area contributed by atoms with E-state index in [-0.39, 0.29) is 0 Å². The lowest BCUT2D eigenvalue weighted by Gasteiger charge is -2.29. The van der Waals surface area contributed by atoms with Gasteiger partial charge >= 0.3 is 0 Å². The summed E-state index contributed by atoms with van der Waals surface area (Å²) in [4.78, 5) is 4.15. The Labute approximate surface area is 108 Å². The summed E-state index contributed by atoms with van der Waals surface area (Å²) in [5.41, 5.74) is 3.13. The Balaban J connectivity index is 1.77. The first-order valence-corrected chi connectivity index (χ1v) is 7.59. The summed E-state index contributed by atoms with van der Waals surface area (Å²) in [5, 5.41) is 3.42. The second-order valence-corrected chi connectivity index (χ2v) is 5.99. The summed E-state index contributed by atoms with van der Waals surface area (Å²) in [5.74, 6) is 1.30. The second kappa shape index (κ2) is 5.42. The van der Waals surface area contributed by atoms with Gasteiger partial charge in [-0.2, -0.15) is 0 Å². The number of hydrogen-bond donors (Lipinski definition) is 1. The van der Waals surface area contributed by atoms with Crippen molar-refractivity contribution < 1.29 is 0 Å². The van der Waals surface area contributed by atoms with E-state index in [2.05, 4.69) is 40.2 Å². The molecule has 17 heavy (non-hydrogen) atoms. The molecule has 2 nitrogen and oxygen atoms in total. The molecule has 1 N–H and O–H groups in total. The van der Waals surface area contributed by atoms with Crippen molar-refractivity contribution in [2.45, 2.75) is 24.3 Å². The van der Waals surface area contributed by atoms with Gasteiger partial charge in [0.25, 0.3) is 0 Å². The molecule has 0 amide bonds. The van der Waals surface area contributed by atoms with E-state index in [9.17, 15) is 0 Å². The lowest BCUT2D eigenvalue weighted by atomic mass is 10.1. The zero-order valence-corrected chi connectivity index (χ0v) is 11.1. The first-order chi connectivity index (χ1) is 8.43. The van der Waals surface area contributed by atoms with Gasteiger partial charge in [-0.3, -0.25) is 4.90 Å². The van der Waals surface area contributed by atoms with Crippen molar-refractivity contribution in [1.29, 1.82) is 0 Å². The lowest BCUT2D eigenvalue weighted by molar-refractivity contribution is 0.231. The van der Waals surface area contributed by atoms with Crippen molar-refractivity contribution in [3.63, 3.8) is 0 Å². The molecule has 0 atom stereocenters. The number of rotatable bonds is 2. The maximum Gasteiger partial charge on any atom is 0.0246 e. The number of hydrogen-bond acceptors (Lipinski definition) is 3. The van der Waals surface area contributed by atoms with Crippen molar-refractivity contribution in [2.24, 2.45) is 0 Å². The van der Waals surface area contributed by atoms with Gasteiger partial charge in [-0.15, -0.1) is 11.8 Å². The number of fused-ring (bicyclic) bond motifs is 1. The Morgan fingerprint density at radius 3 is 3.00 bits per heavy atom. The molecule has 0 unspecified atom stereocenters. The molecule has 0 bridgehead atoms. The maximum absolute atomic E-state index is 3.42. The minimum absolute atomic E-state index is 1.14. The summed E-state index contributed by atoms with van der Waals surface area (Å²) in [6, 6.07) is 6.87. The molecule has 92 valence electrons. The van der Waals surface area contributed by atoms with E-state index in [1.165, 1.54) is 31.7 Å². The van der Waals surface area contributed by atoms with Crippen molar-refractivity contribution in [2.75, 3.05) is 31.9 Å². The van der Waals surface area contributed by atoms with E-state index >= 15 is 0 Å². The van der Waals surface area contributed by atoms with E-state index in [1.807, 2.05) is 0 Å². The van der Waals surface area contributed by atoms with Crippen molar-refractivity contribution in [3.05, 3.63) is 29.3 Å². The highest BCUT2D eigenvalue weighted by molar-refractivity contribution is 7.99. The number of thioether (sulfide) groups is 1. The molecule has 0 radical (unpaired) electrons. The molecule has 1 saturated heterocycles. The van der Waals surface area contributed by atoms with Crippen LogP contribution in [0, 0.1) is 0 Å². The van der Waals surface area contributed by atoms with Crippen molar-refractivity contribution in [1.82, 2.24) is 10.2 Å². The topological polar surface area (TPSA) is 15.3 Å². The van der Waals surface area contributed by atoms with Gasteiger partial charge in [0.15, 0.2) is 0 Å². The highest BCUT2D eigenvalue weighted by atomic mass is 32.2. The Morgan fingerprint density at radius 1 is 1.24 bits per heavy atom. The zero-order chi connectivity index (χ0) is 11.5. The number of nitrogens with one attached hydrogen (secondary N) is 1. The number of nitrogens with zero attached hydrogens (tertiary/aromatic N) is 1. The summed E-state index contributed by atoms with van der Waals surface area (Å²) < 4.78 is 0. The zero-order valence-electron chi connectivity index (χ0n) is 10.2. The largest absolute Gasteiger partial charge is 0.314 e. The van der Waals surface area contributed by atoms with E-state index < -0.39 is 0 Å². The summed E-state index contributed by atoms with van der Waals surface area (Å²) in [6.07, 6.45) is 2.62. The molecular formula is C14H20N2S. The minimum Gasteiger partial charge on any atom is -0.314 e.